The van der Waals surface area contributed by atoms with E-state index in [0.717, 1.165) is 74.8 Å². The van der Waals surface area contributed by atoms with Crippen LogP contribution >= 0.6 is 23.1 Å². The highest BCUT2D eigenvalue weighted by molar-refractivity contribution is 8.00. The van der Waals surface area contributed by atoms with E-state index in [1.165, 1.54) is 23.1 Å². The van der Waals surface area contributed by atoms with Gasteiger partial charge in [-0.05, 0) is 32.6 Å². The fourth-order valence-corrected chi connectivity index (χ4v) is 5.29. The third kappa shape index (κ3) is 5.26. The van der Waals surface area contributed by atoms with Crippen LogP contribution in [0.25, 0.3) is 0 Å². The molecular weight excluding hydrogens is 424 g/mol. The number of rotatable bonds is 7. The van der Waals surface area contributed by atoms with Gasteiger partial charge in [-0.15, -0.1) is 10.2 Å². The van der Waals surface area contributed by atoms with Crippen molar-refractivity contribution >= 4 is 34.1 Å². The fourth-order valence-electron chi connectivity index (χ4n) is 3.80. The van der Waals surface area contributed by atoms with E-state index in [9.17, 15) is 9.59 Å². The normalized spacial score (nSPS) is 17.0. The molecule has 1 saturated heterocycles. The second-order valence-electron chi connectivity index (χ2n) is 7.40. The molecule has 0 bridgehead atoms. The van der Waals surface area contributed by atoms with E-state index in [1.54, 1.807) is 0 Å². The quantitative estimate of drug-likeness (QED) is 0.498. The maximum absolute atomic E-state index is 12.8. The highest BCUT2D eigenvalue weighted by Gasteiger charge is 2.22. The van der Waals surface area contributed by atoms with Crippen molar-refractivity contribution in [2.45, 2.75) is 44.2 Å². The van der Waals surface area contributed by atoms with Crippen LogP contribution in [0.2, 0.25) is 0 Å². The predicted molar refractivity (Wildman–Crippen MR) is 116 cm³/mol. The number of aromatic nitrogens is 4. The lowest BCUT2D eigenvalue weighted by molar-refractivity contribution is -0.113. The molecule has 0 radical (unpaired) electrons. The molecule has 1 N–H and O–H groups in total. The lowest BCUT2D eigenvalue weighted by atomic mass is 9.97. The lowest BCUT2D eigenvalue weighted by Crippen LogP contribution is -2.40. The number of nitrogens with zero attached hydrogens (tertiary/aromatic N) is 5. The Hall–Kier alpha value is -1.82. The number of nitrogens with one attached hydrogen (secondary N) is 1. The van der Waals surface area contributed by atoms with Crippen molar-refractivity contribution in [2.75, 3.05) is 43.9 Å². The van der Waals surface area contributed by atoms with Crippen LogP contribution in [-0.4, -0.2) is 69.2 Å². The summed E-state index contributed by atoms with van der Waals surface area (Å²) in [6.45, 7) is 6.62. The van der Waals surface area contributed by atoms with Crippen LogP contribution in [0, 0.1) is 6.92 Å². The van der Waals surface area contributed by atoms with Crippen LogP contribution in [0.3, 0.4) is 0 Å². The largest absolute Gasteiger partial charge is 0.379 e. The van der Waals surface area contributed by atoms with Crippen LogP contribution in [0.1, 0.15) is 29.1 Å². The third-order valence-corrected chi connectivity index (χ3v) is 7.08. The molecule has 30 heavy (non-hydrogen) atoms. The van der Waals surface area contributed by atoms with Gasteiger partial charge in [0.2, 0.25) is 11.0 Å². The van der Waals surface area contributed by atoms with E-state index < -0.39 is 0 Å². The summed E-state index contributed by atoms with van der Waals surface area (Å²) in [6, 6.07) is 0. The number of anilines is 1. The molecule has 0 aromatic carbocycles. The molecule has 2 aliphatic rings. The molecule has 0 unspecified atom stereocenters. The maximum atomic E-state index is 12.8. The summed E-state index contributed by atoms with van der Waals surface area (Å²) in [6.07, 6.45) is 3.95. The Morgan fingerprint density at radius 2 is 2.00 bits per heavy atom. The minimum Gasteiger partial charge on any atom is -0.379 e. The third-order valence-electron chi connectivity index (χ3n) is 5.31. The molecule has 0 spiro atoms. The van der Waals surface area contributed by atoms with Gasteiger partial charge >= 0.3 is 5.69 Å². The molecule has 1 fully saturated rings. The van der Waals surface area contributed by atoms with Gasteiger partial charge in [0.25, 0.3) is 0 Å². The second kappa shape index (κ2) is 9.99. The highest BCUT2D eigenvalue weighted by atomic mass is 32.2. The summed E-state index contributed by atoms with van der Waals surface area (Å²) in [5.74, 6) is 0.0222. The van der Waals surface area contributed by atoms with Gasteiger partial charge in [-0.2, -0.15) is 4.98 Å². The number of carbonyl (C=O) groups is 1. The van der Waals surface area contributed by atoms with E-state index in [1.807, 2.05) is 11.5 Å². The molecule has 0 saturated carbocycles. The average Bonchev–Trinajstić information content (AvgIpc) is 3.16. The molecule has 162 valence electrons. The molecule has 1 aliphatic carbocycles. The highest BCUT2D eigenvalue weighted by Crippen LogP contribution is 2.28. The van der Waals surface area contributed by atoms with Crippen LogP contribution in [0.4, 0.5) is 5.13 Å². The van der Waals surface area contributed by atoms with Crippen molar-refractivity contribution in [3.63, 3.8) is 0 Å². The van der Waals surface area contributed by atoms with Gasteiger partial charge in [-0.25, -0.2) is 4.79 Å². The van der Waals surface area contributed by atoms with E-state index in [-0.39, 0.29) is 17.3 Å². The van der Waals surface area contributed by atoms with Crippen molar-refractivity contribution in [2.24, 2.45) is 0 Å². The summed E-state index contributed by atoms with van der Waals surface area (Å²) >= 11 is 2.67. The summed E-state index contributed by atoms with van der Waals surface area (Å²) in [5, 5.41) is 12.6. The Labute approximate surface area is 183 Å². The number of hydrogen-bond donors (Lipinski definition) is 1. The molecular formula is C19H26N6O3S2. The topological polar surface area (TPSA) is 102 Å². The molecule has 4 rings (SSSR count). The number of fused-ring (bicyclic) bond motifs is 1. The number of morpholine rings is 1. The SMILES string of the molecule is Cc1nnc(NC(=O)CSc2nc(=O)n(CCN3CCOCC3)c3c2CCCC3)s1. The first-order valence-electron chi connectivity index (χ1n) is 10.3. The number of thioether (sulfide) groups is 1. The molecule has 1 amide bonds. The molecule has 1 aliphatic heterocycles. The average molecular weight is 451 g/mol. The fraction of sp³-hybridized carbons (Fsp3) is 0.632. The standard InChI is InChI=1S/C19H26N6O3S2/c1-13-22-23-18(30-13)20-16(26)12-29-17-14-4-2-3-5-15(14)25(19(27)21-17)7-6-24-8-10-28-11-9-24/h2-12H2,1H3,(H,20,23,26). The number of amides is 1. The maximum Gasteiger partial charge on any atom is 0.348 e. The van der Waals surface area contributed by atoms with E-state index in [4.69, 9.17) is 4.74 Å². The van der Waals surface area contributed by atoms with Crippen LogP contribution in [-0.2, 0) is 28.9 Å². The first-order valence-corrected chi connectivity index (χ1v) is 12.1. The summed E-state index contributed by atoms with van der Waals surface area (Å²) in [7, 11) is 0. The minimum absolute atomic E-state index is 0.168. The van der Waals surface area contributed by atoms with Crippen molar-refractivity contribution in [1.29, 1.82) is 0 Å². The predicted octanol–water partition coefficient (Wildman–Crippen LogP) is 1.35. The molecule has 9 nitrogen and oxygen atoms in total. The van der Waals surface area contributed by atoms with Gasteiger partial charge in [0.15, 0.2) is 0 Å². The van der Waals surface area contributed by atoms with Crippen LogP contribution < -0.4 is 11.0 Å². The Morgan fingerprint density at radius 3 is 2.77 bits per heavy atom. The number of ether oxygens (including phenoxy) is 1. The lowest BCUT2D eigenvalue weighted by Gasteiger charge is -2.28. The number of hydrogen-bond acceptors (Lipinski definition) is 9. The Morgan fingerprint density at radius 1 is 1.20 bits per heavy atom. The molecule has 11 heteroatoms. The zero-order valence-electron chi connectivity index (χ0n) is 17.1. The minimum atomic E-state index is -0.216. The Balaban J connectivity index is 1.45. The molecule has 2 aromatic heterocycles. The van der Waals surface area contributed by atoms with Crippen LogP contribution in [0.15, 0.2) is 9.82 Å². The zero-order valence-corrected chi connectivity index (χ0v) is 18.7. The first kappa shape index (κ1) is 21.4. The van der Waals surface area contributed by atoms with Gasteiger partial charge < -0.3 is 4.74 Å². The zero-order chi connectivity index (χ0) is 20.9. The smallest absolute Gasteiger partial charge is 0.348 e. The van der Waals surface area contributed by atoms with E-state index in [0.29, 0.717) is 16.7 Å². The summed E-state index contributed by atoms with van der Waals surface area (Å²) in [4.78, 5) is 31.8. The van der Waals surface area contributed by atoms with Crippen molar-refractivity contribution in [1.82, 2.24) is 24.6 Å². The monoisotopic (exact) mass is 450 g/mol. The summed E-state index contributed by atoms with van der Waals surface area (Å²) < 4.78 is 7.25. The first-order chi connectivity index (χ1) is 14.6. The molecule has 3 heterocycles. The molecule has 0 atom stereocenters. The summed E-state index contributed by atoms with van der Waals surface area (Å²) in [5.41, 5.74) is 2.01. The van der Waals surface area contributed by atoms with Gasteiger partial charge in [-0.3, -0.25) is 19.6 Å². The second-order valence-corrected chi connectivity index (χ2v) is 9.55. The van der Waals surface area contributed by atoms with Gasteiger partial charge in [-0.1, -0.05) is 23.1 Å². The van der Waals surface area contributed by atoms with Gasteiger partial charge in [0.1, 0.15) is 10.0 Å². The van der Waals surface area contributed by atoms with Gasteiger partial charge in [0.05, 0.1) is 19.0 Å². The Kier molecular flexibility index (Phi) is 7.13. The van der Waals surface area contributed by atoms with Crippen molar-refractivity contribution in [3.05, 3.63) is 26.7 Å². The van der Waals surface area contributed by atoms with Crippen molar-refractivity contribution < 1.29 is 9.53 Å². The molecule has 2 aromatic rings. The van der Waals surface area contributed by atoms with Crippen molar-refractivity contribution in [3.8, 4) is 0 Å². The van der Waals surface area contributed by atoms with Gasteiger partial charge in [0, 0.05) is 37.4 Å². The Bertz CT molecular complexity index is 954. The number of aryl methyl sites for hydroxylation is 1. The van der Waals surface area contributed by atoms with Crippen LogP contribution in [0.5, 0.6) is 0 Å². The van der Waals surface area contributed by atoms with E-state index >= 15 is 0 Å². The van der Waals surface area contributed by atoms with E-state index in [2.05, 4.69) is 25.4 Å². The number of carbonyl (C=O) groups excluding carboxylic acids is 1.